The van der Waals surface area contributed by atoms with Crippen molar-refractivity contribution in [3.8, 4) is 5.75 Å². The van der Waals surface area contributed by atoms with Gasteiger partial charge in [-0.05, 0) is 31.5 Å². The topological polar surface area (TPSA) is 21.3 Å². The Morgan fingerprint density at radius 1 is 1.28 bits per heavy atom. The van der Waals surface area contributed by atoms with Gasteiger partial charge in [-0.25, -0.2) is 0 Å². The van der Waals surface area contributed by atoms with E-state index in [1.54, 1.807) is 0 Å². The normalized spacial score (nSPS) is 17.6. The van der Waals surface area contributed by atoms with E-state index in [9.17, 15) is 0 Å². The van der Waals surface area contributed by atoms with Crippen LogP contribution in [0, 0.1) is 6.92 Å². The van der Waals surface area contributed by atoms with Crippen LogP contribution in [0.3, 0.4) is 0 Å². The number of hydrogen-bond donors (Lipinski definition) is 1. The van der Waals surface area contributed by atoms with Crippen LogP contribution in [0.2, 0.25) is 0 Å². The highest BCUT2D eigenvalue weighted by atomic mass is 16.5. The predicted octanol–water partition coefficient (Wildman–Crippen LogP) is 3.47. The molecule has 0 fully saturated rings. The molecule has 0 aliphatic carbocycles. The highest BCUT2D eigenvalue weighted by Gasteiger charge is 2.21. The molecule has 18 heavy (non-hydrogen) atoms. The number of rotatable bonds is 7. The Kier molecular flexibility index (Phi) is 5.06. The molecule has 1 heterocycles. The summed E-state index contributed by atoms with van der Waals surface area (Å²) in [6, 6.07) is 6.47. The Morgan fingerprint density at radius 2 is 2.17 bits per heavy atom. The number of hydrogen-bond acceptors (Lipinski definition) is 2. The Bertz CT molecular complexity index is 375. The lowest BCUT2D eigenvalue weighted by Crippen LogP contribution is -2.30. The van der Waals surface area contributed by atoms with E-state index in [4.69, 9.17) is 4.74 Å². The Balaban J connectivity index is 1.65. The molecule has 100 valence electrons. The Morgan fingerprint density at radius 3 is 3.00 bits per heavy atom. The summed E-state index contributed by atoms with van der Waals surface area (Å²) in [5.74, 6) is 1.08. The molecule has 0 aromatic heterocycles. The quantitative estimate of drug-likeness (QED) is 0.745. The van der Waals surface area contributed by atoms with Crippen molar-refractivity contribution in [2.75, 3.05) is 13.1 Å². The van der Waals surface area contributed by atoms with Crippen LogP contribution in [-0.4, -0.2) is 19.2 Å². The summed E-state index contributed by atoms with van der Waals surface area (Å²) >= 11 is 0. The van der Waals surface area contributed by atoms with Crippen molar-refractivity contribution in [3.05, 3.63) is 29.3 Å². The highest BCUT2D eigenvalue weighted by molar-refractivity contribution is 5.40. The smallest absolute Gasteiger partial charge is 0.123 e. The first-order chi connectivity index (χ1) is 8.79. The summed E-state index contributed by atoms with van der Waals surface area (Å²) in [4.78, 5) is 0. The monoisotopic (exact) mass is 247 g/mol. The molecule has 0 saturated carbocycles. The average Bonchev–Trinajstić information content (AvgIpc) is 2.75. The minimum atomic E-state index is 0.327. The van der Waals surface area contributed by atoms with Crippen LogP contribution in [-0.2, 0) is 6.42 Å². The van der Waals surface area contributed by atoms with Gasteiger partial charge in [-0.1, -0.05) is 43.9 Å². The average molecular weight is 247 g/mol. The molecule has 1 aliphatic rings. The predicted molar refractivity (Wildman–Crippen MR) is 76.3 cm³/mol. The zero-order valence-corrected chi connectivity index (χ0v) is 11.7. The molecule has 1 aromatic carbocycles. The first kappa shape index (κ1) is 13.4. The largest absolute Gasteiger partial charge is 0.488 e. The van der Waals surface area contributed by atoms with E-state index in [0.29, 0.717) is 6.10 Å². The van der Waals surface area contributed by atoms with E-state index in [2.05, 4.69) is 37.4 Å². The highest BCUT2D eigenvalue weighted by Crippen LogP contribution is 2.29. The second kappa shape index (κ2) is 6.79. The number of ether oxygens (including phenoxy) is 1. The lowest BCUT2D eigenvalue weighted by atomic mass is 10.1. The molecular formula is C16H25NO. The van der Waals surface area contributed by atoms with Gasteiger partial charge < -0.3 is 10.1 Å². The van der Waals surface area contributed by atoms with Crippen molar-refractivity contribution in [3.63, 3.8) is 0 Å². The summed E-state index contributed by atoms with van der Waals surface area (Å²) in [7, 11) is 0. The fourth-order valence-electron chi connectivity index (χ4n) is 2.50. The standard InChI is InChI=1S/C16H25NO/c1-3-4-5-6-9-17-12-15-11-14-10-13(2)7-8-16(14)18-15/h7-8,10,15,17H,3-6,9,11-12H2,1-2H3. The minimum absolute atomic E-state index is 0.327. The van der Waals surface area contributed by atoms with Crippen molar-refractivity contribution in [1.29, 1.82) is 0 Å². The van der Waals surface area contributed by atoms with Gasteiger partial charge in [0.25, 0.3) is 0 Å². The van der Waals surface area contributed by atoms with E-state index in [0.717, 1.165) is 25.3 Å². The van der Waals surface area contributed by atoms with Crippen molar-refractivity contribution in [2.24, 2.45) is 0 Å². The van der Waals surface area contributed by atoms with Crippen molar-refractivity contribution >= 4 is 0 Å². The van der Waals surface area contributed by atoms with Crippen LogP contribution in [0.15, 0.2) is 18.2 Å². The first-order valence-electron chi connectivity index (χ1n) is 7.26. The lowest BCUT2D eigenvalue weighted by Gasteiger charge is -2.11. The van der Waals surface area contributed by atoms with E-state index >= 15 is 0 Å². The van der Waals surface area contributed by atoms with Gasteiger partial charge >= 0.3 is 0 Å². The zero-order chi connectivity index (χ0) is 12.8. The molecular weight excluding hydrogens is 222 g/mol. The summed E-state index contributed by atoms with van der Waals surface area (Å²) in [5.41, 5.74) is 2.69. The molecule has 1 atom stereocenters. The maximum Gasteiger partial charge on any atom is 0.123 e. The van der Waals surface area contributed by atoms with Crippen molar-refractivity contribution < 1.29 is 4.74 Å². The molecule has 0 amide bonds. The molecule has 1 unspecified atom stereocenters. The summed E-state index contributed by atoms with van der Waals surface area (Å²) < 4.78 is 5.93. The van der Waals surface area contributed by atoms with Crippen LogP contribution < -0.4 is 10.1 Å². The fraction of sp³-hybridized carbons (Fsp3) is 0.625. The van der Waals surface area contributed by atoms with E-state index in [1.165, 1.54) is 36.8 Å². The second-order valence-corrected chi connectivity index (χ2v) is 5.32. The van der Waals surface area contributed by atoms with Crippen LogP contribution in [0.5, 0.6) is 5.75 Å². The fourth-order valence-corrected chi connectivity index (χ4v) is 2.50. The maximum absolute atomic E-state index is 5.93. The molecule has 1 N–H and O–H groups in total. The molecule has 0 spiro atoms. The van der Waals surface area contributed by atoms with Gasteiger partial charge in [0.05, 0.1) is 0 Å². The SMILES string of the molecule is CCCCCCNCC1Cc2cc(C)ccc2O1. The number of fused-ring (bicyclic) bond motifs is 1. The van der Waals surface area contributed by atoms with Gasteiger partial charge in [-0.15, -0.1) is 0 Å². The van der Waals surface area contributed by atoms with E-state index in [-0.39, 0.29) is 0 Å². The maximum atomic E-state index is 5.93. The lowest BCUT2D eigenvalue weighted by molar-refractivity contribution is 0.227. The Labute approximate surface area is 111 Å². The zero-order valence-electron chi connectivity index (χ0n) is 11.7. The van der Waals surface area contributed by atoms with Gasteiger partial charge in [0.1, 0.15) is 11.9 Å². The van der Waals surface area contributed by atoms with Gasteiger partial charge in [0.15, 0.2) is 0 Å². The molecule has 2 nitrogen and oxygen atoms in total. The summed E-state index contributed by atoms with van der Waals surface area (Å²) in [5, 5.41) is 3.51. The summed E-state index contributed by atoms with van der Waals surface area (Å²) in [6.07, 6.45) is 6.67. The molecule has 0 bridgehead atoms. The van der Waals surface area contributed by atoms with Crippen LogP contribution >= 0.6 is 0 Å². The first-order valence-corrected chi connectivity index (χ1v) is 7.26. The molecule has 1 aromatic rings. The molecule has 1 aliphatic heterocycles. The molecule has 0 radical (unpaired) electrons. The minimum Gasteiger partial charge on any atom is -0.488 e. The van der Waals surface area contributed by atoms with Crippen molar-refractivity contribution in [1.82, 2.24) is 5.32 Å². The third-order valence-electron chi connectivity index (χ3n) is 3.54. The van der Waals surface area contributed by atoms with Gasteiger partial charge in [0.2, 0.25) is 0 Å². The molecule has 2 heteroatoms. The van der Waals surface area contributed by atoms with Crippen LogP contribution in [0.1, 0.15) is 43.7 Å². The number of aryl methyl sites for hydroxylation is 1. The van der Waals surface area contributed by atoms with Crippen LogP contribution in [0.4, 0.5) is 0 Å². The Hall–Kier alpha value is -1.02. The van der Waals surface area contributed by atoms with Crippen molar-refractivity contribution in [2.45, 2.75) is 52.1 Å². The number of nitrogens with one attached hydrogen (secondary N) is 1. The number of unbranched alkanes of at least 4 members (excludes halogenated alkanes) is 3. The van der Waals surface area contributed by atoms with E-state index in [1.807, 2.05) is 0 Å². The molecule has 0 saturated heterocycles. The van der Waals surface area contributed by atoms with Gasteiger partial charge in [0, 0.05) is 13.0 Å². The van der Waals surface area contributed by atoms with E-state index < -0.39 is 0 Å². The van der Waals surface area contributed by atoms with Gasteiger partial charge in [-0.3, -0.25) is 0 Å². The van der Waals surface area contributed by atoms with Gasteiger partial charge in [-0.2, -0.15) is 0 Å². The van der Waals surface area contributed by atoms with Crippen LogP contribution in [0.25, 0.3) is 0 Å². The third kappa shape index (κ3) is 3.74. The molecule has 2 rings (SSSR count). The third-order valence-corrected chi connectivity index (χ3v) is 3.54. The second-order valence-electron chi connectivity index (χ2n) is 5.32. The summed E-state index contributed by atoms with van der Waals surface area (Å²) in [6.45, 7) is 6.48. The number of benzene rings is 1.